The molecule has 8 heteroatoms. The predicted octanol–water partition coefficient (Wildman–Crippen LogP) is 1.85. The number of anilines is 1. The second-order valence-corrected chi connectivity index (χ2v) is 4.17. The lowest BCUT2D eigenvalue weighted by Crippen LogP contribution is -2.37. The van der Waals surface area contributed by atoms with Crippen molar-refractivity contribution in [3.63, 3.8) is 0 Å². The third-order valence-electron chi connectivity index (χ3n) is 2.45. The molecule has 0 aromatic heterocycles. The van der Waals surface area contributed by atoms with Crippen LogP contribution in [0.15, 0.2) is 18.2 Å². The molecule has 0 fully saturated rings. The summed E-state index contributed by atoms with van der Waals surface area (Å²) in [6.45, 7) is -0.563. The average molecular weight is 299 g/mol. The minimum atomic E-state index is -4.49. The maximum absolute atomic E-state index is 11.9. The first-order valence-electron chi connectivity index (χ1n) is 5.85. The van der Waals surface area contributed by atoms with Gasteiger partial charge in [0.15, 0.2) is 5.78 Å². The molecule has 21 heavy (non-hydrogen) atoms. The van der Waals surface area contributed by atoms with E-state index in [1.807, 2.05) is 6.07 Å². The third kappa shape index (κ3) is 5.52. The van der Waals surface area contributed by atoms with Gasteiger partial charge in [-0.05, 0) is 25.1 Å². The first-order chi connectivity index (χ1) is 9.73. The number of hydrogen-bond acceptors (Lipinski definition) is 4. The molecule has 2 N–H and O–H groups in total. The summed E-state index contributed by atoms with van der Waals surface area (Å²) < 4.78 is 35.8. The van der Waals surface area contributed by atoms with Gasteiger partial charge in [0.2, 0.25) is 5.91 Å². The average Bonchev–Trinajstić information content (AvgIpc) is 2.41. The van der Waals surface area contributed by atoms with Crippen LogP contribution in [0.2, 0.25) is 0 Å². The van der Waals surface area contributed by atoms with E-state index in [0.717, 1.165) is 0 Å². The van der Waals surface area contributed by atoms with E-state index in [2.05, 4.69) is 5.32 Å². The van der Waals surface area contributed by atoms with Crippen LogP contribution in [0, 0.1) is 11.3 Å². The smallest absolute Gasteiger partial charge is 0.376 e. The first-order valence-corrected chi connectivity index (χ1v) is 5.85. The Bertz CT molecular complexity index is 591. The number of rotatable bonds is 5. The van der Waals surface area contributed by atoms with E-state index in [1.165, 1.54) is 25.1 Å². The highest BCUT2D eigenvalue weighted by atomic mass is 19.4. The summed E-state index contributed by atoms with van der Waals surface area (Å²) in [5.41, 5.74) is 0.736. The van der Waals surface area contributed by atoms with Crippen LogP contribution in [0.4, 0.5) is 18.9 Å². The summed E-state index contributed by atoms with van der Waals surface area (Å²) in [6, 6.07) is 6.07. The van der Waals surface area contributed by atoms with Crippen molar-refractivity contribution in [2.45, 2.75) is 13.1 Å². The van der Waals surface area contributed by atoms with Gasteiger partial charge in [-0.25, -0.2) is 0 Å². The first kappa shape index (κ1) is 16.5. The maximum Gasteiger partial charge on any atom is 0.405 e. The van der Waals surface area contributed by atoms with E-state index in [4.69, 9.17) is 5.26 Å². The highest BCUT2D eigenvalue weighted by molar-refractivity contribution is 6.00. The Morgan fingerprint density at radius 3 is 2.52 bits per heavy atom. The van der Waals surface area contributed by atoms with Crippen molar-refractivity contribution >= 4 is 17.4 Å². The molecule has 0 saturated heterocycles. The number of carbonyl (C=O) groups excluding carboxylic acids is 2. The SMILES string of the molecule is CC(=O)c1ccc(C#N)cc1NCC(=O)NCC(F)(F)F. The summed E-state index contributed by atoms with van der Waals surface area (Å²) in [4.78, 5) is 22.7. The Hall–Kier alpha value is -2.56. The van der Waals surface area contributed by atoms with Gasteiger partial charge >= 0.3 is 6.18 Å². The van der Waals surface area contributed by atoms with Crippen molar-refractivity contribution in [3.8, 4) is 6.07 Å². The summed E-state index contributed by atoms with van der Waals surface area (Å²) >= 11 is 0. The Kier molecular flexibility index (Phi) is 5.30. The van der Waals surface area contributed by atoms with E-state index < -0.39 is 25.2 Å². The number of halogens is 3. The number of nitrogens with zero attached hydrogens (tertiary/aromatic N) is 1. The Morgan fingerprint density at radius 2 is 2.00 bits per heavy atom. The number of amides is 1. The Labute approximate surface area is 118 Å². The van der Waals surface area contributed by atoms with Crippen LogP contribution in [-0.4, -0.2) is 31.0 Å². The maximum atomic E-state index is 11.9. The Balaban J connectivity index is 2.72. The van der Waals surface area contributed by atoms with Crippen molar-refractivity contribution in [2.75, 3.05) is 18.4 Å². The molecule has 0 saturated carbocycles. The molecule has 1 rings (SSSR count). The zero-order valence-electron chi connectivity index (χ0n) is 11.0. The molecule has 0 aliphatic heterocycles. The molecule has 0 aliphatic rings. The molecule has 5 nitrogen and oxygen atoms in total. The second kappa shape index (κ2) is 6.74. The number of Topliss-reactive ketones (excluding diaryl/α,β-unsaturated/α-hetero) is 1. The number of nitriles is 1. The topological polar surface area (TPSA) is 82.0 Å². The van der Waals surface area contributed by atoms with Crippen molar-refractivity contribution in [2.24, 2.45) is 0 Å². The second-order valence-electron chi connectivity index (χ2n) is 4.17. The van der Waals surface area contributed by atoms with Gasteiger partial charge in [-0.3, -0.25) is 9.59 Å². The van der Waals surface area contributed by atoms with Gasteiger partial charge in [0.25, 0.3) is 0 Å². The lowest BCUT2D eigenvalue weighted by atomic mass is 10.1. The van der Waals surface area contributed by atoms with E-state index in [9.17, 15) is 22.8 Å². The predicted molar refractivity (Wildman–Crippen MR) is 68.7 cm³/mol. The normalized spacial score (nSPS) is 10.6. The zero-order valence-corrected chi connectivity index (χ0v) is 11.0. The molecule has 1 aromatic rings. The van der Waals surface area contributed by atoms with Gasteiger partial charge in [-0.2, -0.15) is 18.4 Å². The monoisotopic (exact) mass is 299 g/mol. The summed E-state index contributed by atoms with van der Waals surface area (Å²) in [6.07, 6.45) is -4.49. The highest BCUT2D eigenvalue weighted by Gasteiger charge is 2.27. The molecule has 0 aliphatic carbocycles. The van der Waals surface area contributed by atoms with E-state index in [-0.39, 0.29) is 22.6 Å². The van der Waals surface area contributed by atoms with E-state index >= 15 is 0 Å². The number of hydrogen-bond donors (Lipinski definition) is 2. The molecular formula is C13H12F3N3O2. The number of carbonyl (C=O) groups is 2. The fourth-order valence-corrected chi connectivity index (χ4v) is 1.50. The molecule has 1 amide bonds. The molecule has 0 atom stereocenters. The quantitative estimate of drug-likeness (QED) is 0.813. The fourth-order valence-electron chi connectivity index (χ4n) is 1.50. The van der Waals surface area contributed by atoms with Crippen molar-refractivity contribution in [3.05, 3.63) is 29.3 Å². The molecule has 0 radical (unpaired) electrons. The minimum absolute atomic E-state index is 0.226. The zero-order chi connectivity index (χ0) is 16.0. The van der Waals surface area contributed by atoms with Gasteiger partial charge in [0.1, 0.15) is 6.54 Å². The van der Waals surface area contributed by atoms with Crippen LogP contribution in [0.3, 0.4) is 0 Å². The molecule has 112 valence electrons. The van der Waals surface area contributed by atoms with Crippen LogP contribution < -0.4 is 10.6 Å². The third-order valence-corrected chi connectivity index (χ3v) is 2.45. The fraction of sp³-hybridized carbons (Fsp3) is 0.308. The highest BCUT2D eigenvalue weighted by Crippen LogP contribution is 2.18. The lowest BCUT2D eigenvalue weighted by Gasteiger charge is -2.12. The summed E-state index contributed by atoms with van der Waals surface area (Å²) in [7, 11) is 0. The number of nitrogens with one attached hydrogen (secondary N) is 2. The van der Waals surface area contributed by atoms with Crippen LogP contribution in [-0.2, 0) is 4.79 Å². The van der Waals surface area contributed by atoms with Crippen LogP contribution in [0.25, 0.3) is 0 Å². The molecule has 0 bridgehead atoms. The Morgan fingerprint density at radius 1 is 1.33 bits per heavy atom. The number of benzene rings is 1. The van der Waals surface area contributed by atoms with Gasteiger partial charge in [-0.15, -0.1) is 0 Å². The van der Waals surface area contributed by atoms with Gasteiger partial charge in [0, 0.05) is 11.3 Å². The molecular weight excluding hydrogens is 287 g/mol. The van der Waals surface area contributed by atoms with Crippen LogP contribution >= 0.6 is 0 Å². The number of alkyl halides is 3. The summed E-state index contributed by atoms with van der Waals surface area (Å²) in [5, 5.41) is 13.0. The standard InChI is InChI=1S/C13H12F3N3O2/c1-8(20)10-3-2-9(5-17)4-11(10)18-6-12(21)19-7-13(14,15)16/h2-4,18H,6-7H2,1H3,(H,19,21). The molecule has 0 spiro atoms. The number of ketones is 1. The molecule has 0 heterocycles. The van der Waals surface area contributed by atoms with Crippen LogP contribution in [0.5, 0.6) is 0 Å². The summed E-state index contributed by atoms with van der Waals surface area (Å²) in [5.74, 6) is -1.16. The van der Waals surface area contributed by atoms with Gasteiger partial charge in [0.05, 0.1) is 18.2 Å². The van der Waals surface area contributed by atoms with E-state index in [1.54, 1.807) is 5.32 Å². The van der Waals surface area contributed by atoms with Crippen molar-refractivity contribution < 1.29 is 22.8 Å². The van der Waals surface area contributed by atoms with Crippen molar-refractivity contribution in [1.29, 1.82) is 5.26 Å². The minimum Gasteiger partial charge on any atom is -0.376 e. The van der Waals surface area contributed by atoms with Crippen molar-refractivity contribution in [1.82, 2.24) is 5.32 Å². The van der Waals surface area contributed by atoms with Crippen LogP contribution in [0.1, 0.15) is 22.8 Å². The molecule has 1 aromatic carbocycles. The largest absolute Gasteiger partial charge is 0.405 e. The lowest BCUT2D eigenvalue weighted by molar-refractivity contribution is -0.137. The van der Waals surface area contributed by atoms with Gasteiger partial charge in [-0.1, -0.05) is 0 Å². The van der Waals surface area contributed by atoms with Gasteiger partial charge < -0.3 is 10.6 Å². The molecule has 0 unspecified atom stereocenters. The van der Waals surface area contributed by atoms with E-state index in [0.29, 0.717) is 0 Å².